The summed E-state index contributed by atoms with van der Waals surface area (Å²) in [6, 6.07) is 4.29. The van der Waals surface area contributed by atoms with Gasteiger partial charge in [0.05, 0.1) is 13.0 Å². The molecule has 0 bridgehead atoms. The molecule has 0 radical (unpaired) electrons. The van der Waals surface area contributed by atoms with Crippen molar-refractivity contribution >= 4 is 23.4 Å². The minimum Gasteiger partial charge on any atom is -0.339 e. The summed E-state index contributed by atoms with van der Waals surface area (Å²) < 4.78 is 13.7. The van der Waals surface area contributed by atoms with Crippen molar-refractivity contribution in [3.05, 3.63) is 34.6 Å². The fourth-order valence-electron chi connectivity index (χ4n) is 2.29. The molecular weight excluding hydrogens is 309 g/mol. The van der Waals surface area contributed by atoms with Gasteiger partial charge in [0.15, 0.2) is 0 Å². The molecule has 1 saturated heterocycles. The van der Waals surface area contributed by atoms with E-state index in [0.717, 1.165) is 13.1 Å². The molecule has 1 N–H and O–H groups in total. The van der Waals surface area contributed by atoms with E-state index in [2.05, 4.69) is 5.32 Å². The average Bonchev–Trinajstić information content (AvgIpc) is 2.51. The van der Waals surface area contributed by atoms with Crippen LogP contribution in [0.1, 0.15) is 5.56 Å². The molecule has 0 saturated carbocycles. The Labute approximate surface area is 134 Å². The number of hydrogen-bond acceptors (Lipinski definition) is 3. The summed E-state index contributed by atoms with van der Waals surface area (Å²) in [6.07, 6.45) is -0.156. The van der Waals surface area contributed by atoms with Crippen LogP contribution in [-0.2, 0) is 16.0 Å². The summed E-state index contributed by atoms with van der Waals surface area (Å²) >= 11 is 5.91. The van der Waals surface area contributed by atoms with E-state index in [-0.39, 0.29) is 35.4 Å². The van der Waals surface area contributed by atoms with E-state index in [1.54, 1.807) is 11.0 Å². The molecule has 5 nitrogen and oxygen atoms in total. The normalized spacial score (nSPS) is 14.8. The number of carbonyl (C=O) groups is 2. The minimum atomic E-state index is -0.511. The van der Waals surface area contributed by atoms with Crippen molar-refractivity contribution < 1.29 is 14.0 Å². The first-order chi connectivity index (χ1) is 10.5. The molecule has 0 unspecified atom stereocenters. The van der Waals surface area contributed by atoms with Crippen molar-refractivity contribution in [3.63, 3.8) is 0 Å². The van der Waals surface area contributed by atoms with Crippen molar-refractivity contribution in [2.24, 2.45) is 0 Å². The van der Waals surface area contributed by atoms with Gasteiger partial charge in [-0.1, -0.05) is 17.7 Å². The summed E-state index contributed by atoms with van der Waals surface area (Å²) in [5.74, 6) is -0.949. The second-order valence-electron chi connectivity index (χ2n) is 5.26. The molecule has 22 heavy (non-hydrogen) atoms. The second-order valence-corrected chi connectivity index (χ2v) is 5.66. The zero-order valence-corrected chi connectivity index (χ0v) is 13.2. The van der Waals surface area contributed by atoms with Gasteiger partial charge in [-0.2, -0.15) is 0 Å². The first-order valence-corrected chi connectivity index (χ1v) is 7.52. The van der Waals surface area contributed by atoms with Crippen LogP contribution < -0.4 is 5.32 Å². The Bertz CT molecular complexity index is 541. The van der Waals surface area contributed by atoms with E-state index < -0.39 is 5.82 Å². The van der Waals surface area contributed by atoms with Gasteiger partial charge in [-0.25, -0.2) is 4.39 Å². The van der Waals surface area contributed by atoms with Gasteiger partial charge in [0, 0.05) is 43.8 Å². The lowest BCUT2D eigenvalue weighted by atomic mass is 10.1. The van der Waals surface area contributed by atoms with E-state index in [9.17, 15) is 14.0 Å². The highest BCUT2D eigenvalue weighted by molar-refractivity contribution is 6.31. The first-order valence-electron chi connectivity index (χ1n) is 7.14. The van der Waals surface area contributed by atoms with Crippen LogP contribution in [0.25, 0.3) is 0 Å². The van der Waals surface area contributed by atoms with Crippen LogP contribution in [0, 0.1) is 5.82 Å². The summed E-state index contributed by atoms with van der Waals surface area (Å²) in [5, 5.41) is 3.38. The highest BCUT2D eigenvalue weighted by Crippen LogP contribution is 2.19. The van der Waals surface area contributed by atoms with E-state index in [0.29, 0.717) is 13.1 Å². The topological polar surface area (TPSA) is 52.7 Å². The number of amides is 2. The molecule has 2 rings (SSSR count). The van der Waals surface area contributed by atoms with Crippen molar-refractivity contribution in [1.82, 2.24) is 15.1 Å². The Hall–Kier alpha value is -1.66. The third-order valence-corrected chi connectivity index (χ3v) is 4.01. The van der Waals surface area contributed by atoms with Gasteiger partial charge in [-0.05, 0) is 12.1 Å². The van der Waals surface area contributed by atoms with Crippen molar-refractivity contribution in [2.45, 2.75) is 6.42 Å². The van der Waals surface area contributed by atoms with Gasteiger partial charge < -0.3 is 15.1 Å². The molecule has 1 aliphatic rings. The smallest absolute Gasteiger partial charge is 0.242 e. The molecule has 1 aliphatic heterocycles. The Kier molecular flexibility index (Phi) is 5.74. The van der Waals surface area contributed by atoms with Gasteiger partial charge in [0.25, 0.3) is 0 Å². The van der Waals surface area contributed by atoms with Crippen LogP contribution in [0.2, 0.25) is 5.02 Å². The predicted octanol–water partition coefficient (Wildman–Crippen LogP) is 0.912. The van der Waals surface area contributed by atoms with Crippen LogP contribution in [-0.4, -0.2) is 61.4 Å². The summed E-state index contributed by atoms with van der Waals surface area (Å²) in [6.45, 7) is 2.79. The molecule has 1 aromatic carbocycles. The Balaban J connectivity index is 1.93. The van der Waals surface area contributed by atoms with Gasteiger partial charge in [-0.3, -0.25) is 9.59 Å². The molecule has 7 heteroatoms. The van der Waals surface area contributed by atoms with E-state index >= 15 is 0 Å². The van der Waals surface area contributed by atoms with Crippen molar-refractivity contribution in [2.75, 3.05) is 39.8 Å². The largest absolute Gasteiger partial charge is 0.339 e. The lowest BCUT2D eigenvalue weighted by Crippen LogP contribution is -2.49. The van der Waals surface area contributed by atoms with Gasteiger partial charge in [0.1, 0.15) is 5.82 Å². The maximum atomic E-state index is 13.7. The number of halogens is 2. The van der Waals surface area contributed by atoms with E-state index in [1.165, 1.54) is 24.1 Å². The van der Waals surface area contributed by atoms with Crippen LogP contribution in [0.15, 0.2) is 18.2 Å². The summed E-state index contributed by atoms with van der Waals surface area (Å²) in [7, 11) is 1.54. The Morgan fingerprint density at radius 3 is 2.68 bits per heavy atom. The van der Waals surface area contributed by atoms with Crippen LogP contribution >= 0.6 is 11.6 Å². The SMILES string of the molecule is CN(CC(=O)N1CCNCC1)C(=O)Cc1c(F)cccc1Cl. The molecule has 120 valence electrons. The monoisotopic (exact) mass is 327 g/mol. The third kappa shape index (κ3) is 4.18. The number of piperazine rings is 1. The number of hydrogen-bond donors (Lipinski definition) is 1. The molecule has 1 aromatic rings. The van der Waals surface area contributed by atoms with Crippen LogP contribution in [0.3, 0.4) is 0 Å². The minimum absolute atomic E-state index is 0.00902. The van der Waals surface area contributed by atoms with Gasteiger partial charge in [0.2, 0.25) is 11.8 Å². The number of likely N-dealkylation sites (N-methyl/N-ethyl adjacent to an activating group) is 1. The number of benzene rings is 1. The number of nitrogens with zero attached hydrogens (tertiary/aromatic N) is 2. The molecule has 2 amide bonds. The molecule has 0 aliphatic carbocycles. The third-order valence-electron chi connectivity index (χ3n) is 3.66. The summed E-state index contributed by atoms with van der Waals surface area (Å²) in [4.78, 5) is 27.3. The fourth-order valence-corrected chi connectivity index (χ4v) is 2.52. The lowest BCUT2D eigenvalue weighted by molar-refractivity contribution is -0.139. The van der Waals surface area contributed by atoms with Crippen LogP contribution in [0.4, 0.5) is 4.39 Å². The first kappa shape index (κ1) is 16.7. The standard InChI is InChI=1S/C15H19ClFN3O2/c1-19(10-15(22)20-7-5-18-6-8-20)14(21)9-11-12(16)3-2-4-13(11)17/h2-4,18H,5-10H2,1H3. The summed E-state index contributed by atoms with van der Waals surface area (Å²) in [5.41, 5.74) is 0.163. The Morgan fingerprint density at radius 2 is 2.05 bits per heavy atom. The fraction of sp³-hybridized carbons (Fsp3) is 0.467. The number of rotatable bonds is 4. The average molecular weight is 328 g/mol. The maximum Gasteiger partial charge on any atom is 0.242 e. The zero-order valence-electron chi connectivity index (χ0n) is 12.4. The second kappa shape index (κ2) is 7.56. The lowest BCUT2D eigenvalue weighted by Gasteiger charge is -2.29. The molecule has 0 spiro atoms. The highest BCUT2D eigenvalue weighted by Gasteiger charge is 2.21. The molecule has 0 atom stereocenters. The quantitative estimate of drug-likeness (QED) is 0.894. The highest BCUT2D eigenvalue weighted by atomic mass is 35.5. The van der Waals surface area contributed by atoms with Gasteiger partial charge in [-0.15, -0.1) is 0 Å². The number of carbonyl (C=O) groups excluding carboxylic acids is 2. The molecule has 1 heterocycles. The molecular formula is C15H19ClFN3O2. The van der Waals surface area contributed by atoms with E-state index in [1.807, 2.05) is 0 Å². The molecule has 0 aromatic heterocycles. The van der Waals surface area contributed by atoms with E-state index in [4.69, 9.17) is 11.6 Å². The zero-order chi connectivity index (χ0) is 16.1. The molecule has 1 fully saturated rings. The van der Waals surface area contributed by atoms with Crippen molar-refractivity contribution in [3.8, 4) is 0 Å². The van der Waals surface area contributed by atoms with Crippen LogP contribution in [0.5, 0.6) is 0 Å². The Morgan fingerprint density at radius 1 is 1.36 bits per heavy atom. The maximum absolute atomic E-state index is 13.7. The van der Waals surface area contributed by atoms with Gasteiger partial charge >= 0.3 is 0 Å². The number of nitrogens with one attached hydrogen (secondary N) is 1. The van der Waals surface area contributed by atoms with Crippen molar-refractivity contribution in [1.29, 1.82) is 0 Å². The predicted molar refractivity (Wildman–Crippen MR) is 82.2 cm³/mol.